The molecule has 0 bridgehead atoms. The first-order valence-corrected chi connectivity index (χ1v) is 8.43. The molecule has 2 unspecified atom stereocenters. The van der Waals surface area contributed by atoms with Gasteiger partial charge in [-0.1, -0.05) is 26.0 Å². The Morgan fingerprint density at radius 3 is 2.08 bits per heavy atom. The molecule has 25 heavy (non-hydrogen) atoms. The Morgan fingerprint density at radius 1 is 1.00 bits per heavy atom. The molecule has 0 fully saturated rings. The van der Waals surface area contributed by atoms with Crippen molar-refractivity contribution in [2.75, 3.05) is 5.73 Å². The van der Waals surface area contributed by atoms with Crippen molar-refractivity contribution in [1.82, 2.24) is 19.7 Å². The summed E-state index contributed by atoms with van der Waals surface area (Å²) in [7, 11) is 0. The van der Waals surface area contributed by atoms with E-state index in [0.717, 1.165) is 24.0 Å². The van der Waals surface area contributed by atoms with E-state index in [2.05, 4.69) is 28.1 Å². The lowest BCUT2D eigenvalue weighted by Gasteiger charge is -2.15. The predicted octanol–water partition coefficient (Wildman–Crippen LogP) is 3.38. The second-order valence-electron chi connectivity index (χ2n) is 5.67. The minimum Gasteiger partial charge on any atom is -0.396 e. The molecule has 6 heteroatoms. The van der Waals surface area contributed by atoms with Crippen molar-refractivity contribution in [3.05, 3.63) is 72.6 Å². The first-order chi connectivity index (χ1) is 12.2. The highest BCUT2D eigenvalue weighted by molar-refractivity contribution is 5.31. The van der Waals surface area contributed by atoms with Gasteiger partial charge in [-0.3, -0.25) is 14.6 Å². The Hall–Kier alpha value is -2.73. The van der Waals surface area contributed by atoms with Gasteiger partial charge in [0.1, 0.15) is 0 Å². The summed E-state index contributed by atoms with van der Waals surface area (Å²) in [6.45, 7) is 4.06. The van der Waals surface area contributed by atoms with Crippen LogP contribution in [0.25, 0.3) is 0 Å². The largest absolute Gasteiger partial charge is 0.396 e. The van der Waals surface area contributed by atoms with E-state index in [4.69, 9.17) is 5.73 Å². The van der Waals surface area contributed by atoms with Crippen LogP contribution in [-0.4, -0.2) is 24.9 Å². The van der Waals surface area contributed by atoms with Crippen LogP contribution in [0.2, 0.25) is 0 Å². The third-order valence-electron chi connectivity index (χ3n) is 3.85. The van der Waals surface area contributed by atoms with Gasteiger partial charge in [-0.25, -0.2) is 0 Å². The van der Waals surface area contributed by atoms with Gasteiger partial charge in [0.05, 0.1) is 24.0 Å². The van der Waals surface area contributed by atoms with Gasteiger partial charge in [0.15, 0.2) is 0 Å². The number of anilines is 1. The average molecular weight is 339 g/mol. The summed E-state index contributed by atoms with van der Waals surface area (Å²) >= 11 is 0. The van der Waals surface area contributed by atoms with Gasteiger partial charge in [0.2, 0.25) is 0 Å². The van der Waals surface area contributed by atoms with Crippen molar-refractivity contribution in [2.45, 2.75) is 38.8 Å². The zero-order valence-corrected chi connectivity index (χ0v) is 14.7. The number of aliphatic hydroxyl groups is 1. The molecule has 0 saturated carbocycles. The van der Waals surface area contributed by atoms with Crippen LogP contribution in [-0.2, 0) is 0 Å². The van der Waals surface area contributed by atoms with Crippen LogP contribution in [0.1, 0.15) is 50.0 Å². The monoisotopic (exact) mass is 339 g/mol. The SMILES string of the molecule is CCC(O)c1cccnc1.CCC(c1cccnc1)n1cc(N)cn1. The van der Waals surface area contributed by atoms with Crippen molar-refractivity contribution in [1.29, 1.82) is 0 Å². The number of hydrogen-bond donors (Lipinski definition) is 2. The molecule has 0 aromatic carbocycles. The molecule has 0 saturated heterocycles. The minimum absolute atomic E-state index is 0.219. The Bertz CT molecular complexity index is 730. The fourth-order valence-electron chi connectivity index (χ4n) is 2.48. The third kappa shape index (κ3) is 5.39. The molecule has 3 heterocycles. The summed E-state index contributed by atoms with van der Waals surface area (Å²) in [6, 6.07) is 7.91. The standard InChI is InChI=1S/C11H14N4.C8H11NO/c1-2-11(9-4-3-5-13-6-9)15-8-10(12)7-14-15;1-2-8(10)7-4-3-5-9-6-7/h3-8,11H,2,12H2,1H3;3-6,8,10H,2H2,1H3. The van der Waals surface area contributed by atoms with Crippen LogP contribution in [0.3, 0.4) is 0 Å². The molecule has 0 aliphatic rings. The molecule has 3 N–H and O–H groups in total. The first-order valence-electron chi connectivity index (χ1n) is 8.43. The van der Waals surface area contributed by atoms with Gasteiger partial charge >= 0.3 is 0 Å². The van der Waals surface area contributed by atoms with Gasteiger partial charge in [0.25, 0.3) is 0 Å². The van der Waals surface area contributed by atoms with Crippen LogP contribution >= 0.6 is 0 Å². The molecule has 0 radical (unpaired) electrons. The van der Waals surface area contributed by atoms with E-state index in [1.54, 1.807) is 24.8 Å². The van der Waals surface area contributed by atoms with Crippen LogP contribution in [0.4, 0.5) is 5.69 Å². The van der Waals surface area contributed by atoms with Crippen LogP contribution in [0.15, 0.2) is 61.4 Å². The Labute approximate surface area is 148 Å². The van der Waals surface area contributed by atoms with Crippen molar-refractivity contribution in [3.8, 4) is 0 Å². The minimum atomic E-state index is -0.353. The molecule has 0 amide bonds. The molecule has 6 nitrogen and oxygen atoms in total. The summed E-state index contributed by atoms with van der Waals surface area (Å²) in [5.74, 6) is 0. The topological polar surface area (TPSA) is 89.9 Å². The fraction of sp³-hybridized carbons (Fsp3) is 0.316. The zero-order chi connectivity index (χ0) is 18.1. The molecule has 2 atom stereocenters. The van der Waals surface area contributed by atoms with Crippen molar-refractivity contribution in [2.24, 2.45) is 0 Å². The lowest BCUT2D eigenvalue weighted by atomic mass is 10.1. The van der Waals surface area contributed by atoms with Gasteiger partial charge < -0.3 is 10.8 Å². The predicted molar refractivity (Wildman–Crippen MR) is 98.8 cm³/mol. The highest BCUT2D eigenvalue weighted by Gasteiger charge is 2.11. The van der Waals surface area contributed by atoms with Gasteiger partial charge in [-0.2, -0.15) is 5.10 Å². The number of pyridine rings is 2. The quantitative estimate of drug-likeness (QED) is 0.743. The van der Waals surface area contributed by atoms with E-state index in [1.807, 2.05) is 42.2 Å². The van der Waals surface area contributed by atoms with E-state index in [1.165, 1.54) is 0 Å². The summed E-state index contributed by atoms with van der Waals surface area (Å²) in [6.07, 6.45) is 11.9. The Kier molecular flexibility index (Phi) is 7.10. The normalized spacial score (nSPS) is 12.8. The number of aromatic nitrogens is 4. The van der Waals surface area contributed by atoms with Gasteiger partial charge in [-0.05, 0) is 36.1 Å². The summed E-state index contributed by atoms with van der Waals surface area (Å²) in [5, 5.41) is 13.5. The van der Waals surface area contributed by atoms with E-state index in [9.17, 15) is 5.11 Å². The van der Waals surface area contributed by atoms with Gasteiger partial charge in [0, 0.05) is 31.0 Å². The molecule has 0 aliphatic carbocycles. The number of hydrogen-bond acceptors (Lipinski definition) is 5. The lowest BCUT2D eigenvalue weighted by Crippen LogP contribution is -2.10. The third-order valence-corrected chi connectivity index (χ3v) is 3.85. The molecule has 3 rings (SSSR count). The van der Waals surface area contributed by atoms with E-state index >= 15 is 0 Å². The Balaban J connectivity index is 0.000000196. The highest BCUT2D eigenvalue weighted by Crippen LogP contribution is 2.20. The fourth-order valence-corrected chi connectivity index (χ4v) is 2.48. The summed E-state index contributed by atoms with van der Waals surface area (Å²) in [4.78, 5) is 8.01. The smallest absolute Gasteiger partial charge is 0.0802 e. The van der Waals surface area contributed by atoms with Crippen LogP contribution < -0.4 is 5.73 Å². The van der Waals surface area contributed by atoms with Gasteiger partial charge in [-0.15, -0.1) is 0 Å². The van der Waals surface area contributed by atoms with Crippen molar-refractivity contribution >= 4 is 5.69 Å². The van der Waals surface area contributed by atoms with Crippen molar-refractivity contribution < 1.29 is 5.11 Å². The van der Waals surface area contributed by atoms with Crippen molar-refractivity contribution in [3.63, 3.8) is 0 Å². The first kappa shape index (κ1) is 18.6. The molecular weight excluding hydrogens is 314 g/mol. The van der Waals surface area contributed by atoms with E-state index in [-0.39, 0.29) is 12.1 Å². The molecule has 3 aromatic rings. The van der Waals surface area contributed by atoms with E-state index in [0.29, 0.717) is 5.69 Å². The molecular formula is C19H25N5O. The number of aliphatic hydroxyl groups excluding tert-OH is 1. The molecule has 0 spiro atoms. The number of nitrogens with zero attached hydrogens (tertiary/aromatic N) is 4. The second kappa shape index (κ2) is 9.54. The van der Waals surface area contributed by atoms with Crippen LogP contribution in [0, 0.1) is 0 Å². The zero-order valence-electron chi connectivity index (χ0n) is 14.7. The summed E-state index contributed by atoms with van der Waals surface area (Å²) < 4.78 is 1.88. The maximum atomic E-state index is 9.29. The lowest BCUT2D eigenvalue weighted by molar-refractivity contribution is 0.173. The molecule has 132 valence electrons. The number of rotatable bonds is 5. The highest BCUT2D eigenvalue weighted by atomic mass is 16.3. The number of nitrogens with two attached hydrogens (primary N) is 1. The average Bonchev–Trinajstić information content (AvgIpc) is 3.10. The maximum absolute atomic E-state index is 9.29. The molecule has 3 aromatic heterocycles. The second-order valence-corrected chi connectivity index (χ2v) is 5.67. The number of nitrogen functional groups attached to an aromatic ring is 1. The summed E-state index contributed by atoms with van der Waals surface area (Å²) in [5.41, 5.74) is 8.39. The Morgan fingerprint density at radius 2 is 1.64 bits per heavy atom. The molecule has 0 aliphatic heterocycles. The van der Waals surface area contributed by atoms with E-state index < -0.39 is 0 Å². The maximum Gasteiger partial charge on any atom is 0.0802 e. The van der Waals surface area contributed by atoms with Crippen LogP contribution in [0.5, 0.6) is 0 Å².